The van der Waals surface area contributed by atoms with E-state index in [1.807, 2.05) is 0 Å². The highest BCUT2D eigenvalue weighted by Gasteiger charge is 2.16. The Morgan fingerprint density at radius 1 is 1.57 bits per heavy atom. The number of nitrogens with one attached hydrogen (secondary N) is 2. The van der Waals surface area contributed by atoms with Gasteiger partial charge in [0, 0.05) is 11.9 Å². The van der Waals surface area contributed by atoms with Crippen LogP contribution in [0.4, 0.5) is 0 Å². The molecule has 0 aliphatic carbocycles. The molecule has 0 spiro atoms. The van der Waals surface area contributed by atoms with E-state index in [-0.39, 0.29) is 5.91 Å². The van der Waals surface area contributed by atoms with Crippen LogP contribution in [0.3, 0.4) is 0 Å². The smallest absolute Gasteiger partial charge is 0.325 e. The van der Waals surface area contributed by atoms with E-state index in [2.05, 4.69) is 10.3 Å². The van der Waals surface area contributed by atoms with E-state index in [1.165, 1.54) is 6.92 Å². The van der Waals surface area contributed by atoms with E-state index in [0.29, 0.717) is 5.56 Å². The lowest BCUT2D eigenvalue weighted by molar-refractivity contribution is -0.138. The Kier molecular flexibility index (Phi) is 2.91. The van der Waals surface area contributed by atoms with Gasteiger partial charge in [0.15, 0.2) is 0 Å². The third-order valence-corrected chi connectivity index (χ3v) is 1.92. The number of aromatic nitrogens is 1. The maximum atomic E-state index is 11.4. The summed E-state index contributed by atoms with van der Waals surface area (Å²) in [4.78, 5) is 24.8. The topological polar surface area (TPSA) is 82.2 Å². The zero-order valence-corrected chi connectivity index (χ0v) is 8.00. The highest BCUT2D eigenvalue weighted by atomic mass is 16.4. The number of H-pyrrole nitrogens is 1. The van der Waals surface area contributed by atoms with Crippen LogP contribution in [-0.4, -0.2) is 28.0 Å². The van der Waals surface area contributed by atoms with Crippen molar-refractivity contribution < 1.29 is 14.7 Å². The molecule has 0 saturated heterocycles. The molecule has 14 heavy (non-hydrogen) atoms. The van der Waals surface area contributed by atoms with Gasteiger partial charge in [-0.25, -0.2) is 0 Å². The Labute approximate surface area is 81.1 Å². The van der Waals surface area contributed by atoms with Crippen molar-refractivity contribution in [3.05, 3.63) is 23.5 Å². The van der Waals surface area contributed by atoms with Gasteiger partial charge < -0.3 is 15.4 Å². The first kappa shape index (κ1) is 10.3. The maximum absolute atomic E-state index is 11.4. The quantitative estimate of drug-likeness (QED) is 0.659. The van der Waals surface area contributed by atoms with Crippen molar-refractivity contribution in [1.82, 2.24) is 10.3 Å². The van der Waals surface area contributed by atoms with Crippen LogP contribution in [0, 0.1) is 6.92 Å². The number of aliphatic carboxylic acids is 1. The molecule has 5 nitrogen and oxygen atoms in total. The second-order valence-electron chi connectivity index (χ2n) is 3.05. The lowest BCUT2D eigenvalue weighted by Gasteiger charge is -2.08. The molecule has 0 aromatic carbocycles. The summed E-state index contributed by atoms with van der Waals surface area (Å²) < 4.78 is 0. The summed E-state index contributed by atoms with van der Waals surface area (Å²) in [5, 5.41) is 10.9. The van der Waals surface area contributed by atoms with E-state index in [4.69, 9.17) is 5.11 Å². The Bertz CT molecular complexity index is 357. The molecule has 1 aromatic rings. The van der Waals surface area contributed by atoms with Crippen molar-refractivity contribution >= 4 is 11.9 Å². The van der Waals surface area contributed by atoms with Crippen molar-refractivity contribution in [3.63, 3.8) is 0 Å². The molecule has 0 fully saturated rings. The van der Waals surface area contributed by atoms with Gasteiger partial charge in [0.25, 0.3) is 5.91 Å². The van der Waals surface area contributed by atoms with Crippen LogP contribution in [0.2, 0.25) is 0 Å². The zero-order chi connectivity index (χ0) is 10.7. The van der Waals surface area contributed by atoms with Crippen molar-refractivity contribution in [2.75, 3.05) is 0 Å². The molecule has 0 aliphatic rings. The fraction of sp³-hybridized carbons (Fsp3) is 0.333. The maximum Gasteiger partial charge on any atom is 0.325 e. The molecular weight excluding hydrogens is 184 g/mol. The van der Waals surface area contributed by atoms with E-state index in [9.17, 15) is 9.59 Å². The molecule has 1 atom stereocenters. The SMILES string of the molecule is Cc1[nH]ccc1C(=O)N[C@H](C)C(=O)O. The fourth-order valence-electron chi connectivity index (χ4n) is 1.03. The molecule has 0 unspecified atom stereocenters. The largest absolute Gasteiger partial charge is 0.480 e. The fourth-order valence-corrected chi connectivity index (χ4v) is 1.03. The predicted molar refractivity (Wildman–Crippen MR) is 50.1 cm³/mol. The molecular formula is C9H12N2O3. The number of carbonyl (C=O) groups is 2. The van der Waals surface area contributed by atoms with Gasteiger partial charge in [0.1, 0.15) is 6.04 Å². The number of rotatable bonds is 3. The van der Waals surface area contributed by atoms with Gasteiger partial charge in [-0.3, -0.25) is 9.59 Å². The molecule has 1 heterocycles. The molecule has 0 radical (unpaired) electrons. The van der Waals surface area contributed by atoms with Crippen LogP contribution in [0.25, 0.3) is 0 Å². The standard InChI is InChI=1S/C9H12N2O3/c1-5-7(3-4-10-5)8(12)11-6(2)9(13)14/h3-4,6,10H,1-2H3,(H,11,12)(H,13,14)/t6-/m1/s1. The number of amides is 1. The molecule has 3 N–H and O–H groups in total. The van der Waals surface area contributed by atoms with E-state index >= 15 is 0 Å². The summed E-state index contributed by atoms with van der Waals surface area (Å²) >= 11 is 0. The van der Waals surface area contributed by atoms with Gasteiger partial charge in [-0.15, -0.1) is 0 Å². The summed E-state index contributed by atoms with van der Waals surface area (Å²) in [6.07, 6.45) is 1.63. The molecule has 0 bridgehead atoms. The summed E-state index contributed by atoms with van der Waals surface area (Å²) in [5.41, 5.74) is 1.19. The van der Waals surface area contributed by atoms with Crippen LogP contribution < -0.4 is 5.32 Å². The van der Waals surface area contributed by atoms with Crippen molar-refractivity contribution in [3.8, 4) is 0 Å². The second-order valence-corrected chi connectivity index (χ2v) is 3.05. The number of hydrogen-bond donors (Lipinski definition) is 3. The lowest BCUT2D eigenvalue weighted by Crippen LogP contribution is -2.38. The normalized spacial score (nSPS) is 12.1. The van der Waals surface area contributed by atoms with Gasteiger partial charge in [-0.05, 0) is 19.9 Å². The van der Waals surface area contributed by atoms with E-state index < -0.39 is 12.0 Å². The van der Waals surface area contributed by atoms with Gasteiger partial charge in [0.2, 0.25) is 0 Å². The summed E-state index contributed by atoms with van der Waals surface area (Å²) in [6, 6.07) is 0.732. The van der Waals surface area contributed by atoms with Crippen LogP contribution in [-0.2, 0) is 4.79 Å². The molecule has 1 aromatic heterocycles. The molecule has 0 saturated carbocycles. The highest BCUT2D eigenvalue weighted by molar-refractivity contribution is 5.97. The minimum Gasteiger partial charge on any atom is -0.480 e. The minimum absolute atomic E-state index is 0.376. The van der Waals surface area contributed by atoms with E-state index in [0.717, 1.165) is 5.69 Å². The Morgan fingerprint density at radius 3 is 2.64 bits per heavy atom. The van der Waals surface area contributed by atoms with Gasteiger partial charge in [-0.1, -0.05) is 0 Å². The predicted octanol–water partition coefficient (Wildman–Crippen LogP) is 0.526. The van der Waals surface area contributed by atoms with Crippen LogP contribution in [0.1, 0.15) is 23.0 Å². The van der Waals surface area contributed by atoms with Crippen molar-refractivity contribution in [2.45, 2.75) is 19.9 Å². The first-order chi connectivity index (χ1) is 6.52. The second kappa shape index (κ2) is 3.95. The number of aromatic amines is 1. The third kappa shape index (κ3) is 2.12. The number of hydrogen-bond acceptors (Lipinski definition) is 2. The van der Waals surface area contributed by atoms with Gasteiger partial charge in [-0.2, -0.15) is 0 Å². The third-order valence-electron chi connectivity index (χ3n) is 1.92. The zero-order valence-electron chi connectivity index (χ0n) is 8.00. The molecule has 5 heteroatoms. The van der Waals surface area contributed by atoms with Crippen LogP contribution >= 0.6 is 0 Å². The summed E-state index contributed by atoms with van der Waals surface area (Å²) in [6.45, 7) is 3.17. The number of carbonyl (C=O) groups excluding carboxylic acids is 1. The monoisotopic (exact) mass is 196 g/mol. The summed E-state index contributed by atoms with van der Waals surface area (Å²) in [5.74, 6) is -1.43. The number of aryl methyl sites for hydroxylation is 1. The minimum atomic E-state index is -1.05. The van der Waals surface area contributed by atoms with Crippen LogP contribution in [0.5, 0.6) is 0 Å². The molecule has 1 amide bonds. The Morgan fingerprint density at radius 2 is 2.21 bits per heavy atom. The average Bonchev–Trinajstić information content (AvgIpc) is 2.51. The highest BCUT2D eigenvalue weighted by Crippen LogP contribution is 2.04. The average molecular weight is 196 g/mol. The van der Waals surface area contributed by atoms with Crippen molar-refractivity contribution in [1.29, 1.82) is 0 Å². The Hall–Kier alpha value is -1.78. The van der Waals surface area contributed by atoms with Gasteiger partial charge >= 0.3 is 5.97 Å². The Balaban J connectivity index is 2.69. The lowest BCUT2D eigenvalue weighted by atomic mass is 10.2. The van der Waals surface area contributed by atoms with Crippen LogP contribution in [0.15, 0.2) is 12.3 Å². The number of carboxylic acid groups (broad SMARTS) is 1. The molecule has 0 aliphatic heterocycles. The summed E-state index contributed by atoms with van der Waals surface area (Å²) in [7, 11) is 0. The van der Waals surface area contributed by atoms with Gasteiger partial charge in [0.05, 0.1) is 5.56 Å². The van der Waals surface area contributed by atoms with Crippen molar-refractivity contribution in [2.24, 2.45) is 0 Å². The van der Waals surface area contributed by atoms with E-state index in [1.54, 1.807) is 19.2 Å². The first-order valence-corrected chi connectivity index (χ1v) is 4.20. The molecule has 1 rings (SSSR count). The number of carboxylic acids is 1. The first-order valence-electron chi connectivity index (χ1n) is 4.20. The molecule has 76 valence electrons.